The molecule has 9 atom stereocenters. The Morgan fingerprint density at radius 1 is 0.914 bits per heavy atom. The van der Waals surface area contributed by atoms with Gasteiger partial charge in [-0.3, -0.25) is 0 Å². The van der Waals surface area contributed by atoms with Crippen LogP contribution in [0.4, 0.5) is 0 Å². The molecule has 194 valence electrons. The third kappa shape index (κ3) is 4.69. The van der Waals surface area contributed by atoms with Crippen molar-refractivity contribution < 1.29 is 5.11 Å². The van der Waals surface area contributed by atoms with Crippen molar-refractivity contribution in [1.29, 1.82) is 0 Å². The van der Waals surface area contributed by atoms with Gasteiger partial charge in [-0.25, -0.2) is 0 Å². The van der Waals surface area contributed by atoms with Gasteiger partial charge in [0.15, 0.2) is 0 Å². The van der Waals surface area contributed by atoms with Crippen molar-refractivity contribution in [2.45, 2.75) is 111 Å². The first-order valence-electron chi connectivity index (χ1n) is 15.2. The number of benzene rings is 1. The average Bonchev–Trinajstić information content (AvgIpc) is 3.18. The molecule has 35 heavy (non-hydrogen) atoms. The van der Waals surface area contributed by atoms with E-state index in [1.165, 1.54) is 68.9 Å². The quantitative estimate of drug-likeness (QED) is 0.434. The molecule has 1 aromatic rings. The minimum atomic E-state index is -0.249. The lowest BCUT2D eigenvalue weighted by molar-refractivity contribution is -0.117. The summed E-state index contributed by atoms with van der Waals surface area (Å²) in [5.74, 6) is 6.06. The van der Waals surface area contributed by atoms with Crippen LogP contribution in [0.1, 0.15) is 111 Å². The Kier molecular flexibility index (Phi) is 7.30. The Morgan fingerprint density at radius 2 is 1.66 bits per heavy atom. The Hall–Kier alpha value is -1.08. The first-order valence-corrected chi connectivity index (χ1v) is 15.2. The highest BCUT2D eigenvalue weighted by atomic mass is 16.3. The topological polar surface area (TPSA) is 20.2 Å². The molecule has 0 spiro atoms. The van der Waals surface area contributed by atoms with E-state index < -0.39 is 0 Å². The second kappa shape index (κ2) is 10.00. The number of fused-ring (bicyclic) bond motifs is 5. The molecule has 4 aliphatic rings. The maximum Gasteiger partial charge on any atom is 0.0756 e. The summed E-state index contributed by atoms with van der Waals surface area (Å²) in [6.07, 6.45) is 17.0. The first-order chi connectivity index (χ1) is 16.7. The lowest BCUT2D eigenvalue weighted by Gasteiger charge is -2.61. The standard InChI is InChI=1S/C34H52O/c1-23(2)10-9-11-24(3)29-16-17-30-28-15-14-27-21-32(35)26(20-25-12-7-6-8-13-25)22-34(27,5)31(28)18-19-33(29,30)4/h6-8,12-13,20,23-24,27-32,35H,9-11,14-19,21-22H2,1-5H3/b26-20-/t24-,27+,28+,29+,30-,31+,32+,33-,34+/m1/s1. The highest BCUT2D eigenvalue weighted by Gasteiger charge is 2.60. The van der Waals surface area contributed by atoms with Gasteiger partial charge in [-0.2, -0.15) is 0 Å². The van der Waals surface area contributed by atoms with E-state index in [0.717, 1.165) is 48.3 Å². The fourth-order valence-electron chi connectivity index (χ4n) is 10.1. The van der Waals surface area contributed by atoms with E-state index in [2.05, 4.69) is 71.0 Å². The Balaban J connectivity index is 1.33. The summed E-state index contributed by atoms with van der Waals surface area (Å²) in [4.78, 5) is 0. The molecule has 0 unspecified atom stereocenters. The van der Waals surface area contributed by atoms with Crippen molar-refractivity contribution in [3.63, 3.8) is 0 Å². The lowest BCUT2D eigenvalue weighted by atomic mass is 9.44. The normalized spacial score (nSPS) is 43.0. The summed E-state index contributed by atoms with van der Waals surface area (Å²) in [6, 6.07) is 10.7. The summed E-state index contributed by atoms with van der Waals surface area (Å²) in [7, 11) is 0. The van der Waals surface area contributed by atoms with E-state index in [0.29, 0.717) is 16.7 Å². The van der Waals surface area contributed by atoms with Crippen molar-refractivity contribution in [3.05, 3.63) is 41.5 Å². The minimum Gasteiger partial charge on any atom is -0.389 e. The summed E-state index contributed by atoms with van der Waals surface area (Å²) >= 11 is 0. The van der Waals surface area contributed by atoms with Gasteiger partial charge < -0.3 is 5.11 Å². The fourth-order valence-corrected chi connectivity index (χ4v) is 10.1. The second-order valence-corrected chi connectivity index (χ2v) is 14.2. The molecule has 0 aliphatic heterocycles. The summed E-state index contributed by atoms with van der Waals surface area (Å²) in [5, 5.41) is 11.1. The van der Waals surface area contributed by atoms with Crippen molar-refractivity contribution >= 4 is 6.08 Å². The highest BCUT2D eigenvalue weighted by Crippen LogP contribution is 2.68. The number of aliphatic hydroxyl groups excluding tert-OH is 1. The summed E-state index contributed by atoms with van der Waals surface area (Å²) < 4.78 is 0. The summed E-state index contributed by atoms with van der Waals surface area (Å²) in [5.41, 5.74) is 3.48. The zero-order valence-electron chi connectivity index (χ0n) is 23.3. The van der Waals surface area contributed by atoms with Gasteiger partial charge in [0.25, 0.3) is 0 Å². The Morgan fingerprint density at radius 3 is 2.40 bits per heavy atom. The van der Waals surface area contributed by atoms with Crippen LogP contribution < -0.4 is 0 Å². The Bertz CT molecular complexity index is 885. The maximum atomic E-state index is 11.1. The summed E-state index contributed by atoms with van der Waals surface area (Å²) in [6.45, 7) is 12.7. The molecule has 0 radical (unpaired) electrons. The molecule has 1 heteroatoms. The van der Waals surface area contributed by atoms with E-state index in [1.54, 1.807) is 0 Å². The molecular formula is C34H52O. The molecule has 0 aromatic heterocycles. The van der Waals surface area contributed by atoms with E-state index >= 15 is 0 Å². The van der Waals surface area contributed by atoms with Crippen LogP contribution in [0.15, 0.2) is 35.9 Å². The van der Waals surface area contributed by atoms with Crippen LogP contribution in [-0.4, -0.2) is 11.2 Å². The van der Waals surface area contributed by atoms with Gasteiger partial charge in [0.1, 0.15) is 0 Å². The zero-order valence-corrected chi connectivity index (χ0v) is 23.3. The van der Waals surface area contributed by atoms with Crippen LogP contribution in [-0.2, 0) is 0 Å². The predicted molar refractivity (Wildman–Crippen MR) is 149 cm³/mol. The number of hydrogen-bond donors (Lipinski definition) is 1. The fraction of sp³-hybridized carbons (Fsp3) is 0.765. The monoisotopic (exact) mass is 476 g/mol. The minimum absolute atomic E-state index is 0.249. The molecule has 4 saturated carbocycles. The van der Waals surface area contributed by atoms with Crippen molar-refractivity contribution in [2.24, 2.45) is 52.3 Å². The molecule has 5 rings (SSSR count). The number of aliphatic hydroxyl groups is 1. The van der Waals surface area contributed by atoms with E-state index in [9.17, 15) is 5.11 Å². The maximum absolute atomic E-state index is 11.1. The van der Waals surface area contributed by atoms with Crippen LogP contribution in [0.3, 0.4) is 0 Å². The Labute approximate surface area is 216 Å². The predicted octanol–water partition coefficient (Wildman–Crippen LogP) is 9.16. The van der Waals surface area contributed by atoms with Crippen molar-refractivity contribution in [2.75, 3.05) is 0 Å². The molecule has 0 saturated heterocycles. The van der Waals surface area contributed by atoms with Gasteiger partial charge in [0.2, 0.25) is 0 Å². The zero-order chi connectivity index (χ0) is 24.8. The van der Waals surface area contributed by atoms with Gasteiger partial charge in [-0.1, -0.05) is 90.3 Å². The highest BCUT2D eigenvalue weighted by molar-refractivity contribution is 5.54. The third-order valence-electron chi connectivity index (χ3n) is 11.9. The van der Waals surface area contributed by atoms with Gasteiger partial charge >= 0.3 is 0 Å². The molecule has 1 aromatic carbocycles. The molecule has 1 nitrogen and oxygen atoms in total. The number of rotatable bonds is 6. The van der Waals surface area contributed by atoms with Crippen LogP contribution >= 0.6 is 0 Å². The van der Waals surface area contributed by atoms with Gasteiger partial charge in [0, 0.05) is 0 Å². The third-order valence-corrected chi connectivity index (χ3v) is 11.9. The van der Waals surface area contributed by atoms with Gasteiger partial charge in [-0.05, 0) is 115 Å². The van der Waals surface area contributed by atoms with Crippen LogP contribution in [0.5, 0.6) is 0 Å². The number of hydrogen-bond acceptors (Lipinski definition) is 1. The molecule has 0 amide bonds. The average molecular weight is 477 g/mol. The van der Waals surface area contributed by atoms with Crippen LogP contribution in [0.25, 0.3) is 6.08 Å². The van der Waals surface area contributed by atoms with E-state index in [1.807, 2.05) is 0 Å². The van der Waals surface area contributed by atoms with E-state index in [-0.39, 0.29) is 6.10 Å². The largest absolute Gasteiger partial charge is 0.389 e. The van der Waals surface area contributed by atoms with E-state index in [4.69, 9.17) is 0 Å². The van der Waals surface area contributed by atoms with Crippen LogP contribution in [0.2, 0.25) is 0 Å². The van der Waals surface area contributed by atoms with Crippen LogP contribution in [0, 0.1) is 52.3 Å². The lowest BCUT2D eigenvalue weighted by Crippen LogP contribution is -2.54. The molecule has 4 fully saturated rings. The van der Waals surface area contributed by atoms with Crippen molar-refractivity contribution in [3.8, 4) is 0 Å². The molecular weight excluding hydrogens is 424 g/mol. The van der Waals surface area contributed by atoms with Gasteiger partial charge in [-0.15, -0.1) is 0 Å². The second-order valence-electron chi connectivity index (χ2n) is 14.2. The molecule has 1 N–H and O–H groups in total. The molecule has 0 bridgehead atoms. The SMILES string of the molecule is CC(C)CCC[C@@H](C)[C@@H]1CC[C@@H]2[C@@H]3CC[C@H]4C[C@H](O)/C(=C\c5ccccc5)C[C@]4(C)[C@H]3CC[C@@]21C. The molecule has 4 aliphatic carbocycles. The van der Waals surface area contributed by atoms with Gasteiger partial charge in [0.05, 0.1) is 6.10 Å². The van der Waals surface area contributed by atoms with Crippen molar-refractivity contribution in [1.82, 2.24) is 0 Å². The smallest absolute Gasteiger partial charge is 0.0756 e. The molecule has 0 heterocycles. The first kappa shape index (κ1) is 25.6.